The summed E-state index contributed by atoms with van der Waals surface area (Å²) in [6.45, 7) is 3.02. The van der Waals surface area contributed by atoms with Crippen molar-refractivity contribution in [2.45, 2.75) is 39.0 Å². The van der Waals surface area contributed by atoms with Gasteiger partial charge in [0.15, 0.2) is 0 Å². The van der Waals surface area contributed by atoms with Crippen molar-refractivity contribution in [3.8, 4) is 0 Å². The molecule has 3 nitrogen and oxygen atoms in total. The third kappa shape index (κ3) is 3.08. The molecule has 1 saturated carbocycles. The summed E-state index contributed by atoms with van der Waals surface area (Å²) in [7, 11) is 0. The van der Waals surface area contributed by atoms with Crippen molar-refractivity contribution in [1.29, 1.82) is 0 Å². The average Bonchev–Trinajstić information content (AvgIpc) is 2.21. The van der Waals surface area contributed by atoms with Gasteiger partial charge in [-0.05, 0) is 12.3 Å². The predicted molar refractivity (Wildman–Crippen MR) is 66.9 cm³/mol. The van der Waals surface area contributed by atoms with E-state index in [0.29, 0.717) is 5.15 Å². The molecule has 4 heteroatoms. The van der Waals surface area contributed by atoms with Gasteiger partial charge < -0.3 is 5.32 Å². The molecule has 1 aromatic heterocycles. The smallest absolute Gasteiger partial charge is 0.134 e. The molecule has 1 aromatic rings. The van der Waals surface area contributed by atoms with E-state index in [1.54, 1.807) is 6.07 Å². The molecule has 0 spiro atoms. The third-order valence-electron chi connectivity index (χ3n) is 3.14. The minimum atomic E-state index is 0.526. The number of halogens is 1. The van der Waals surface area contributed by atoms with Crippen LogP contribution in [0.15, 0.2) is 6.07 Å². The Balaban J connectivity index is 1.84. The van der Waals surface area contributed by atoms with Crippen LogP contribution < -0.4 is 5.32 Å². The summed E-state index contributed by atoms with van der Waals surface area (Å²) in [6.07, 6.45) is 6.25. The maximum atomic E-state index is 5.92. The van der Waals surface area contributed by atoms with E-state index >= 15 is 0 Å². The molecule has 0 aromatic carbocycles. The van der Waals surface area contributed by atoms with Crippen molar-refractivity contribution in [3.05, 3.63) is 17.0 Å². The van der Waals surface area contributed by atoms with Crippen LogP contribution in [-0.2, 0) is 6.42 Å². The minimum absolute atomic E-state index is 0.526. The van der Waals surface area contributed by atoms with Gasteiger partial charge in [0, 0.05) is 19.0 Å². The Labute approximate surface area is 102 Å². The zero-order valence-corrected chi connectivity index (χ0v) is 10.4. The lowest BCUT2D eigenvalue weighted by molar-refractivity contribution is 0.303. The highest BCUT2D eigenvalue weighted by molar-refractivity contribution is 6.29. The summed E-state index contributed by atoms with van der Waals surface area (Å²) in [5.74, 6) is 2.59. The highest BCUT2D eigenvalue weighted by Gasteiger charge is 2.16. The summed E-state index contributed by atoms with van der Waals surface area (Å²) in [6, 6.07) is 1.79. The molecule has 1 fully saturated rings. The van der Waals surface area contributed by atoms with Crippen LogP contribution in [0.2, 0.25) is 5.15 Å². The maximum Gasteiger partial charge on any atom is 0.134 e. The highest BCUT2D eigenvalue weighted by atomic mass is 35.5. The lowest BCUT2D eigenvalue weighted by Gasteiger charge is -2.25. The second-order valence-corrected chi connectivity index (χ2v) is 4.75. The van der Waals surface area contributed by atoms with Crippen LogP contribution in [0.1, 0.15) is 38.4 Å². The largest absolute Gasteiger partial charge is 0.370 e. The van der Waals surface area contributed by atoms with Gasteiger partial charge in [0.2, 0.25) is 0 Å². The number of rotatable bonds is 5. The topological polar surface area (TPSA) is 37.8 Å². The van der Waals surface area contributed by atoms with E-state index in [1.807, 2.05) is 6.92 Å². The summed E-state index contributed by atoms with van der Waals surface area (Å²) in [5.41, 5.74) is 0. The van der Waals surface area contributed by atoms with Crippen molar-refractivity contribution >= 4 is 17.4 Å². The van der Waals surface area contributed by atoms with Crippen LogP contribution in [0.4, 0.5) is 5.82 Å². The lowest BCUT2D eigenvalue weighted by Crippen LogP contribution is -2.16. The van der Waals surface area contributed by atoms with E-state index in [1.165, 1.54) is 25.7 Å². The molecule has 0 unspecified atom stereocenters. The molecule has 0 atom stereocenters. The summed E-state index contributed by atoms with van der Waals surface area (Å²) in [5, 5.41) is 3.85. The Hall–Kier alpha value is -0.830. The van der Waals surface area contributed by atoms with Gasteiger partial charge in [-0.15, -0.1) is 0 Å². The zero-order valence-electron chi connectivity index (χ0n) is 9.67. The Morgan fingerprint density at radius 3 is 2.88 bits per heavy atom. The fourth-order valence-corrected chi connectivity index (χ4v) is 2.10. The van der Waals surface area contributed by atoms with Crippen LogP contribution in [-0.4, -0.2) is 16.5 Å². The molecular weight excluding hydrogens is 222 g/mol. The Bertz CT molecular complexity index is 350. The van der Waals surface area contributed by atoms with E-state index in [-0.39, 0.29) is 0 Å². The van der Waals surface area contributed by atoms with Gasteiger partial charge in [0.25, 0.3) is 0 Å². The van der Waals surface area contributed by atoms with E-state index in [9.17, 15) is 0 Å². The van der Waals surface area contributed by atoms with Crippen molar-refractivity contribution in [2.75, 3.05) is 11.9 Å². The van der Waals surface area contributed by atoms with Crippen LogP contribution >= 0.6 is 11.6 Å². The first-order chi connectivity index (χ1) is 7.78. The fraction of sp³-hybridized carbons (Fsp3) is 0.667. The van der Waals surface area contributed by atoms with E-state index in [0.717, 1.165) is 30.5 Å². The Morgan fingerprint density at radius 2 is 2.25 bits per heavy atom. The van der Waals surface area contributed by atoms with Crippen molar-refractivity contribution in [2.24, 2.45) is 5.92 Å². The van der Waals surface area contributed by atoms with Crippen LogP contribution in [0, 0.1) is 5.92 Å². The number of hydrogen-bond acceptors (Lipinski definition) is 3. The normalized spacial score (nSPS) is 15.9. The molecule has 1 aliphatic carbocycles. The molecule has 88 valence electrons. The molecule has 2 rings (SSSR count). The molecule has 16 heavy (non-hydrogen) atoms. The Morgan fingerprint density at radius 1 is 1.44 bits per heavy atom. The van der Waals surface area contributed by atoms with Gasteiger partial charge in [0.1, 0.15) is 16.8 Å². The SMILES string of the molecule is CCc1nc(Cl)cc(NCCC2CCC2)n1. The molecule has 1 aliphatic rings. The molecule has 0 bridgehead atoms. The zero-order chi connectivity index (χ0) is 11.4. The number of aromatic nitrogens is 2. The van der Waals surface area contributed by atoms with E-state index < -0.39 is 0 Å². The van der Waals surface area contributed by atoms with Gasteiger partial charge in [-0.25, -0.2) is 9.97 Å². The second kappa shape index (κ2) is 5.48. The van der Waals surface area contributed by atoms with Gasteiger partial charge in [-0.3, -0.25) is 0 Å². The molecular formula is C12H18ClN3. The van der Waals surface area contributed by atoms with Crippen molar-refractivity contribution in [1.82, 2.24) is 9.97 Å². The third-order valence-corrected chi connectivity index (χ3v) is 3.33. The molecule has 0 aliphatic heterocycles. The van der Waals surface area contributed by atoms with Crippen LogP contribution in [0.25, 0.3) is 0 Å². The summed E-state index contributed by atoms with van der Waals surface area (Å²) >= 11 is 5.92. The molecule has 1 heterocycles. The van der Waals surface area contributed by atoms with E-state index in [2.05, 4.69) is 15.3 Å². The monoisotopic (exact) mass is 239 g/mol. The number of nitrogens with one attached hydrogen (secondary N) is 1. The average molecular weight is 240 g/mol. The van der Waals surface area contributed by atoms with Gasteiger partial charge >= 0.3 is 0 Å². The van der Waals surface area contributed by atoms with Crippen LogP contribution in [0.3, 0.4) is 0 Å². The number of anilines is 1. The molecule has 0 radical (unpaired) electrons. The number of hydrogen-bond donors (Lipinski definition) is 1. The van der Waals surface area contributed by atoms with Gasteiger partial charge in [0.05, 0.1) is 0 Å². The quantitative estimate of drug-likeness (QED) is 0.802. The minimum Gasteiger partial charge on any atom is -0.370 e. The summed E-state index contributed by atoms with van der Waals surface area (Å²) < 4.78 is 0. The first-order valence-corrected chi connectivity index (χ1v) is 6.43. The highest BCUT2D eigenvalue weighted by Crippen LogP contribution is 2.29. The standard InChI is InChI=1S/C12H18ClN3/c1-2-11-15-10(13)8-12(16-11)14-7-6-9-4-3-5-9/h8-9H,2-7H2,1H3,(H,14,15,16). The molecule has 0 amide bonds. The van der Waals surface area contributed by atoms with Gasteiger partial charge in [-0.1, -0.05) is 37.8 Å². The number of aryl methyl sites for hydroxylation is 1. The fourth-order valence-electron chi connectivity index (χ4n) is 1.90. The first-order valence-electron chi connectivity index (χ1n) is 6.05. The molecule has 0 saturated heterocycles. The van der Waals surface area contributed by atoms with Crippen molar-refractivity contribution in [3.63, 3.8) is 0 Å². The predicted octanol–water partition coefficient (Wildman–Crippen LogP) is 3.29. The van der Waals surface area contributed by atoms with Gasteiger partial charge in [-0.2, -0.15) is 0 Å². The number of nitrogens with zero attached hydrogens (tertiary/aromatic N) is 2. The maximum absolute atomic E-state index is 5.92. The molecule has 1 N–H and O–H groups in total. The summed E-state index contributed by atoms with van der Waals surface area (Å²) in [4.78, 5) is 8.52. The van der Waals surface area contributed by atoms with E-state index in [4.69, 9.17) is 11.6 Å². The second-order valence-electron chi connectivity index (χ2n) is 4.36. The first kappa shape index (κ1) is 11.6. The lowest BCUT2D eigenvalue weighted by atomic mass is 9.83. The Kier molecular flexibility index (Phi) is 3.99. The van der Waals surface area contributed by atoms with Crippen molar-refractivity contribution < 1.29 is 0 Å². The van der Waals surface area contributed by atoms with Crippen LogP contribution in [0.5, 0.6) is 0 Å².